The molecule has 0 radical (unpaired) electrons. The maximum Gasteiger partial charge on any atom is 0.413 e. The van der Waals surface area contributed by atoms with Crippen LogP contribution in [0, 0.1) is 11.6 Å². The summed E-state index contributed by atoms with van der Waals surface area (Å²) in [7, 11) is 0. The Balaban J connectivity index is 2.20. The van der Waals surface area contributed by atoms with E-state index in [-0.39, 0.29) is 12.2 Å². The predicted molar refractivity (Wildman–Crippen MR) is 79.1 cm³/mol. The van der Waals surface area contributed by atoms with Crippen molar-refractivity contribution >= 4 is 23.9 Å². The standard InChI is InChI=1S/C15H15F2N3O5/c1-3-25-14(24)18-11(21)7-20-12(22)15(2,19-13(20)23)9-6-8(16)4-5-10(9)17/h4-6H,3,7H2,1-2H3,(H,19,23)(H,18,21,24)/t15-/m1/s1. The van der Waals surface area contributed by atoms with E-state index in [4.69, 9.17) is 0 Å². The Morgan fingerprint density at radius 1 is 1.32 bits per heavy atom. The lowest BCUT2D eigenvalue weighted by molar-refractivity contribution is -0.134. The fraction of sp³-hybridized carbons (Fsp3) is 0.333. The van der Waals surface area contributed by atoms with Crippen LogP contribution in [0.5, 0.6) is 0 Å². The zero-order valence-electron chi connectivity index (χ0n) is 13.4. The first kappa shape index (κ1) is 18.3. The number of carbonyl (C=O) groups is 4. The Morgan fingerprint density at radius 2 is 2.00 bits per heavy atom. The van der Waals surface area contributed by atoms with Crippen molar-refractivity contribution in [3.8, 4) is 0 Å². The highest BCUT2D eigenvalue weighted by Gasteiger charge is 2.50. The molecular weight excluding hydrogens is 340 g/mol. The van der Waals surface area contributed by atoms with Crippen LogP contribution in [0.2, 0.25) is 0 Å². The first-order chi connectivity index (χ1) is 11.7. The molecule has 1 atom stereocenters. The maximum atomic E-state index is 14.0. The van der Waals surface area contributed by atoms with E-state index in [0.717, 1.165) is 18.2 Å². The van der Waals surface area contributed by atoms with Gasteiger partial charge in [-0.3, -0.25) is 19.8 Å². The third-order valence-corrected chi connectivity index (χ3v) is 3.56. The summed E-state index contributed by atoms with van der Waals surface area (Å²) in [6.45, 7) is 1.96. The Kier molecular flexibility index (Phi) is 5.00. The molecule has 0 saturated carbocycles. The van der Waals surface area contributed by atoms with E-state index in [1.807, 2.05) is 5.32 Å². The summed E-state index contributed by atoms with van der Waals surface area (Å²) in [4.78, 5) is 47.9. The summed E-state index contributed by atoms with van der Waals surface area (Å²) in [5.74, 6) is -3.61. The summed E-state index contributed by atoms with van der Waals surface area (Å²) < 4.78 is 31.9. The van der Waals surface area contributed by atoms with E-state index in [1.54, 1.807) is 0 Å². The molecule has 1 aromatic carbocycles. The molecule has 8 nitrogen and oxygen atoms in total. The van der Waals surface area contributed by atoms with E-state index in [0.29, 0.717) is 4.90 Å². The third kappa shape index (κ3) is 3.57. The molecule has 1 heterocycles. The number of carbonyl (C=O) groups excluding carboxylic acids is 4. The van der Waals surface area contributed by atoms with Crippen LogP contribution in [-0.2, 0) is 19.9 Å². The second kappa shape index (κ2) is 6.83. The fourth-order valence-electron chi connectivity index (χ4n) is 2.37. The highest BCUT2D eigenvalue weighted by molar-refractivity contribution is 6.09. The van der Waals surface area contributed by atoms with Crippen molar-refractivity contribution < 1.29 is 32.7 Å². The molecule has 0 aromatic heterocycles. The zero-order valence-corrected chi connectivity index (χ0v) is 13.4. The average Bonchev–Trinajstić information content (AvgIpc) is 2.74. The van der Waals surface area contributed by atoms with E-state index in [2.05, 4.69) is 10.1 Å². The number of rotatable bonds is 4. The second-order valence-electron chi connectivity index (χ2n) is 5.34. The molecule has 0 unspecified atom stereocenters. The molecular formula is C15H15F2N3O5. The Morgan fingerprint density at radius 3 is 2.64 bits per heavy atom. The topological polar surface area (TPSA) is 105 Å². The van der Waals surface area contributed by atoms with Gasteiger partial charge in [0.25, 0.3) is 5.91 Å². The van der Waals surface area contributed by atoms with Crippen LogP contribution in [0.15, 0.2) is 18.2 Å². The lowest BCUT2D eigenvalue weighted by atomic mass is 9.91. The van der Waals surface area contributed by atoms with Crippen LogP contribution >= 0.6 is 0 Å². The summed E-state index contributed by atoms with van der Waals surface area (Å²) in [6.07, 6.45) is -1.03. The van der Waals surface area contributed by atoms with Crippen molar-refractivity contribution in [3.05, 3.63) is 35.4 Å². The first-order valence-electron chi connectivity index (χ1n) is 7.25. The Hall–Kier alpha value is -3.04. The van der Waals surface area contributed by atoms with Gasteiger partial charge in [0, 0.05) is 5.56 Å². The van der Waals surface area contributed by atoms with Gasteiger partial charge in [0.05, 0.1) is 6.61 Å². The fourth-order valence-corrected chi connectivity index (χ4v) is 2.37. The van der Waals surface area contributed by atoms with Gasteiger partial charge in [-0.15, -0.1) is 0 Å². The molecule has 0 aliphatic carbocycles. The zero-order chi connectivity index (χ0) is 18.8. The molecule has 1 aliphatic heterocycles. The lowest BCUT2D eigenvalue weighted by Gasteiger charge is -2.22. The van der Waals surface area contributed by atoms with Crippen LogP contribution in [-0.4, -0.2) is 42.0 Å². The van der Waals surface area contributed by atoms with Gasteiger partial charge < -0.3 is 10.1 Å². The van der Waals surface area contributed by atoms with Crippen molar-refractivity contribution in [1.82, 2.24) is 15.5 Å². The molecule has 10 heteroatoms. The summed E-state index contributed by atoms with van der Waals surface area (Å²) in [5.41, 5.74) is -2.26. The van der Waals surface area contributed by atoms with Crippen molar-refractivity contribution in [1.29, 1.82) is 0 Å². The minimum absolute atomic E-state index is 0.0269. The number of alkyl carbamates (subject to hydrolysis) is 1. The van der Waals surface area contributed by atoms with Gasteiger partial charge in [-0.25, -0.2) is 18.4 Å². The molecule has 2 rings (SSSR count). The molecule has 2 N–H and O–H groups in total. The van der Waals surface area contributed by atoms with Crippen molar-refractivity contribution in [2.45, 2.75) is 19.4 Å². The number of hydrogen-bond donors (Lipinski definition) is 2. The minimum Gasteiger partial charge on any atom is -0.450 e. The molecule has 1 aliphatic rings. The SMILES string of the molecule is CCOC(=O)NC(=O)CN1C(=O)N[C@](C)(c2cc(F)ccc2F)C1=O. The Labute approximate surface area is 141 Å². The predicted octanol–water partition coefficient (Wildman–Crippen LogP) is 1.00. The smallest absolute Gasteiger partial charge is 0.413 e. The van der Waals surface area contributed by atoms with Crippen LogP contribution in [0.3, 0.4) is 0 Å². The van der Waals surface area contributed by atoms with Gasteiger partial charge in [-0.2, -0.15) is 0 Å². The van der Waals surface area contributed by atoms with Gasteiger partial charge in [-0.05, 0) is 32.0 Å². The summed E-state index contributed by atoms with van der Waals surface area (Å²) in [6, 6.07) is 1.50. The number of ether oxygens (including phenoxy) is 1. The van der Waals surface area contributed by atoms with Crippen molar-refractivity contribution in [2.75, 3.05) is 13.2 Å². The van der Waals surface area contributed by atoms with Crippen molar-refractivity contribution in [3.63, 3.8) is 0 Å². The average molecular weight is 355 g/mol. The van der Waals surface area contributed by atoms with Crippen molar-refractivity contribution in [2.24, 2.45) is 0 Å². The normalized spacial score (nSPS) is 19.6. The molecule has 1 saturated heterocycles. The van der Waals surface area contributed by atoms with Gasteiger partial charge in [0.15, 0.2) is 0 Å². The lowest BCUT2D eigenvalue weighted by Crippen LogP contribution is -2.44. The number of nitrogens with one attached hydrogen (secondary N) is 2. The Bertz CT molecular complexity index is 755. The van der Waals surface area contributed by atoms with E-state index in [9.17, 15) is 28.0 Å². The van der Waals surface area contributed by atoms with E-state index < -0.39 is 47.7 Å². The molecule has 1 aromatic rings. The highest BCUT2D eigenvalue weighted by Crippen LogP contribution is 2.31. The van der Waals surface area contributed by atoms with Crippen LogP contribution in [0.25, 0.3) is 0 Å². The molecule has 25 heavy (non-hydrogen) atoms. The number of hydrogen-bond acceptors (Lipinski definition) is 5. The largest absolute Gasteiger partial charge is 0.450 e. The molecule has 5 amide bonds. The first-order valence-corrected chi connectivity index (χ1v) is 7.25. The van der Waals surface area contributed by atoms with E-state index >= 15 is 0 Å². The molecule has 0 spiro atoms. The molecule has 134 valence electrons. The highest BCUT2D eigenvalue weighted by atomic mass is 19.1. The quantitative estimate of drug-likeness (QED) is 0.784. The van der Waals surface area contributed by atoms with E-state index in [1.165, 1.54) is 13.8 Å². The summed E-state index contributed by atoms with van der Waals surface area (Å²) in [5, 5.41) is 4.06. The van der Waals surface area contributed by atoms with Crippen LogP contribution in [0.4, 0.5) is 18.4 Å². The van der Waals surface area contributed by atoms with Crippen LogP contribution in [0.1, 0.15) is 19.4 Å². The maximum absolute atomic E-state index is 14.0. The number of urea groups is 1. The second-order valence-corrected chi connectivity index (χ2v) is 5.34. The monoisotopic (exact) mass is 355 g/mol. The molecule has 1 fully saturated rings. The number of benzene rings is 1. The number of halogens is 2. The van der Waals surface area contributed by atoms with Crippen LogP contribution < -0.4 is 10.6 Å². The van der Waals surface area contributed by atoms with Gasteiger partial charge in [0.1, 0.15) is 23.7 Å². The van der Waals surface area contributed by atoms with Gasteiger partial charge in [-0.1, -0.05) is 0 Å². The van der Waals surface area contributed by atoms with Gasteiger partial charge in [0.2, 0.25) is 5.91 Å². The van der Waals surface area contributed by atoms with Gasteiger partial charge >= 0.3 is 12.1 Å². The number of imide groups is 2. The minimum atomic E-state index is -1.88. The third-order valence-electron chi connectivity index (χ3n) is 3.56. The number of amides is 5. The molecule has 0 bridgehead atoms. The summed E-state index contributed by atoms with van der Waals surface area (Å²) >= 11 is 0. The number of nitrogens with zero attached hydrogens (tertiary/aromatic N) is 1.